The summed E-state index contributed by atoms with van der Waals surface area (Å²) in [6, 6.07) is -0.710. The molecule has 0 aromatic rings. The maximum Gasteiger partial charge on any atom is 0.317 e. The summed E-state index contributed by atoms with van der Waals surface area (Å²) >= 11 is 0. The number of methoxy groups -OCH3 is 1. The lowest BCUT2D eigenvalue weighted by Crippen LogP contribution is -2.49. The Balaban J connectivity index is 1.94. The van der Waals surface area contributed by atoms with Crippen molar-refractivity contribution in [3.8, 4) is 0 Å². The van der Waals surface area contributed by atoms with Gasteiger partial charge in [-0.15, -0.1) is 0 Å². The fraction of sp³-hybridized carbons (Fsp3) is 0.900. The van der Waals surface area contributed by atoms with Crippen LogP contribution in [-0.4, -0.2) is 69.2 Å². The average molecular weight is 277 g/mol. The van der Waals surface area contributed by atoms with Crippen molar-refractivity contribution >= 4 is 15.9 Å². The van der Waals surface area contributed by atoms with Crippen molar-refractivity contribution in [2.24, 2.45) is 5.73 Å². The number of carbonyl (C=O) groups excluding carboxylic acids is 1. The van der Waals surface area contributed by atoms with Crippen molar-refractivity contribution in [2.45, 2.75) is 24.6 Å². The summed E-state index contributed by atoms with van der Waals surface area (Å²) in [5.74, 6) is -0.0922. The second-order valence-electron chi connectivity index (χ2n) is 4.90. The van der Waals surface area contributed by atoms with Gasteiger partial charge in [-0.25, -0.2) is 13.2 Å². The van der Waals surface area contributed by atoms with Crippen LogP contribution in [0.25, 0.3) is 0 Å². The van der Waals surface area contributed by atoms with Gasteiger partial charge in [0.25, 0.3) is 0 Å². The van der Waals surface area contributed by atoms with Crippen LogP contribution in [0.15, 0.2) is 0 Å². The lowest BCUT2D eigenvalue weighted by Gasteiger charge is -2.22. The molecule has 7 nitrogen and oxygen atoms in total. The molecule has 3 atom stereocenters. The summed E-state index contributed by atoms with van der Waals surface area (Å²) in [7, 11) is -1.66. The smallest absolute Gasteiger partial charge is 0.317 e. The second kappa shape index (κ2) is 5.02. The molecule has 104 valence electrons. The van der Waals surface area contributed by atoms with Gasteiger partial charge in [0, 0.05) is 26.2 Å². The normalized spacial score (nSPS) is 34.8. The zero-order valence-electron chi connectivity index (χ0n) is 10.3. The summed E-state index contributed by atoms with van der Waals surface area (Å²) in [4.78, 5) is 13.5. The Kier molecular flexibility index (Phi) is 3.79. The lowest BCUT2D eigenvalue weighted by atomic mass is 10.2. The third-order valence-electron chi connectivity index (χ3n) is 3.42. The molecule has 0 aromatic heterocycles. The molecular formula is C10H19N3O4S. The van der Waals surface area contributed by atoms with Gasteiger partial charge in [0.2, 0.25) is 0 Å². The van der Waals surface area contributed by atoms with Gasteiger partial charge in [0.15, 0.2) is 9.84 Å². The van der Waals surface area contributed by atoms with E-state index in [0.717, 1.165) is 6.42 Å². The molecule has 2 aliphatic heterocycles. The standard InChI is InChI=1S/C10H19N3O4S/c1-17-9-6-18(15,16)5-8(9)12-10(14)13-3-2-7(11)4-13/h7-9H,2-6,11H2,1H3,(H,12,14). The van der Waals surface area contributed by atoms with Crippen LogP contribution in [0.1, 0.15) is 6.42 Å². The van der Waals surface area contributed by atoms with Gasteiger partial charge in [-0.3, -0.25) is 0 Å². The molecule has 0 saturated carbocycles. The third kappa shape index (κ3) is 2.93. The largest absolute Gasteiger partial charge is 0.378 e. The van der Waals surface area contributed by atoms with E-state index in [1.807, 2.05) is 0 Å². The van der Waals surface area contributed by atoms with Crippen molar-refractivity contribution in [2.75, 3.05) is 31.7 Å². The highest BCUT2D eigenvalue weighted by molar-refractivity contribution is 7.91. The number of nitrogens with zero attached hydrogens (tertiary/aromatic N) is 1. The molecule has 2 rings (SSSR count). The van der Waals surface area contributed by atoms with Crippen LogP contribution in [0.4, 0.5) is 4.79 Å². The van der Waals surface area contributed by atoms with E-state index in [9.17, 15) is 13.2 Å². The Morgan fingerprint density at radius 2 is 2.17 bits per heavy atom. The number of hydrogen-bond donors (Lipinski definition) is 2. The van der Waals surface area contributed by atoms with E-state index in [1.54, 1.807) is 4.90 Å². The molecule has 0 spiro atoms. The first-order chi connectivity index (χ1) is 8.41. The molecule has 0 bridgehead atoms. The van der Waals surface area contributed by atoms with Crippen LogP contribution in [0.2, 0.25) is 0 Å². The van der Waals surface area contributed by atoms with E-state index in [2.05, 4.69) is 5.32 Å². The van der Waals surface area contributed by atoms with E-state index in [-0.39, 0.29) is 23.6 Å². The molecule has 0 radical (unpaired) electrons. The van der Waals surface area contributed by atoms with Gasteiger partial charge >= 0.3 is 6.03 Å². The van der Waals surface area contributed by atoms with Crippen molar-refractivity contribution in [1.82, 2.24) is 10.2 Å². The summed E-state index contributed by atoms with van der Waals surface area (Å²) < 4.78 is 28.1. The summed E-state index contributed by atoms with van der Waals surface area (Å²) in [5.41, 5.74) is 5.73. The van der Waals surface area contributed by atoms with Gasteiger partial charge in [-0.2, -0.15) is 0 Å². The number of carbonyl (C=O) groups is 1. The Hall–Kier alpha value is -0.860. The predicted octanol–water partition coefficient (Wildman–Crippen LogP) is -1.46. The third-order valence-corrected chi connectivity index (χ3v) is 5.13. The molecule has 0 aliphatic carbocycles. The van der Waals surface area contributed by atoms with Gasteiger partial charge < -0.3 is 20.7 Å². The molecule has 3 N–H and O–H groups in total. The number of sulfone groups is 1. The highest BCUT2D eigenvalue weighted by Gasteiger charge is 2.39. The number of nitrogens with one attached hydrogen (secondary N) is 1. The molecule has 2 amide bonds. The van der Waals surface area contributed by atoms with Crippen LogP contribution >= 0.6 is 0 Å². The fourth-order valence-corrected chi connectivity index (χ4v) is 4.25. The van der Waals surface area contributed by atoms with Crippen molar-refractivity contribution in [3.05, 3.63) is 0 Å². The molecule has 2 heterocycles. The first kappa shape index (κ1) is 13.6. The van der Waals surface area contributed by atoms with E-state index in [0.29, 0.717) is 13.1 Å². The monoisotopic (exact) mass is 277 g/mol. The Bertz CT molecular complexity index is 425. The van der Waals surface area contributed by atoms with E-state index >= 15 is 0 Å². The number of hydrogen-bond acceptors (Lipinski definition) is 5. The molecule has 18 heavy (non-hydrogen) atoms. The molecule has 3 unspecified atom stereocenters. The van der Waals surface area contributed by atoms with Crippen LogP contribution < -0.4 is 11.1 Å². The minimum absolute atomic E-state index is 0.0151. The molecule has 0 aromatic carbocycles. The topological polar surface area (TPSA) is 102 Å². The Morgan fingerprint density at radius 3 is 2.72 bits per heavy atom. The van der Waals surface area contributed by atoms with Gasteiger partial charge in [0.1, 0.15) is 0 Å². The highest BCUT2D eigenvalue weighted by atomic mass is 32.2. The molecule has 2 fully saturated rings. The van der Waals surface area contributed by atoms with E-state index in [4.69, 9.17) is 10.5 Å². The quantitative estimate of drug-likeness (QED) is 0.642. The number of amides is 2. The summed E-state index contributed by atoms with van der Waals surface area (Å²) in [5, 5.41) is 2.73. The Labute approximate surface area is 107 Å². The van der Waals surface area contributed by atoms with Crippen molar-refractivity contribution in [3.63, 3.8) is 0 Å². The number of nitrogens with two attached hydrogens (primary N) is 1. The molecule has 2 saturated heterocycles. The lowest BCUT2D eigenvalue weighted by molar-refractivity contribution is 0.0986. The number of ether oxygens (including phenoxy) is 1. The molecule has 8 heteroatoms. The molecular weight excluding hydrogens is 258 g/mol. The van der Waals surface area contributed by atoms with E-state index < -0.39 is 22.0 Å². The first-order valence-electron chi connectivity index (χ1n) is 5.95. The highest BCUT2D eigenvalue weighted by Crippen LogP contribution is 2.16. The summed E-state index contributed by atoms with van der Waals surface area (Å²) in [6.45, 7) is 1.13. The Morgan fingerprint density at radius 1 is 1.44 bits per heavy atom. The minimum Gasteiger partial charge on any atom is -0.378 e. The zero-order chi connectivity index (χ0) is 13.3. The minimum atomic E-state index is -3.12. The molecule has 2 aliphatic rings. The maximum atomic E-state index is 11.9. The van der Waals surface area contributed by atoms with Gasteiger partial charge in [0.05, 0.1) is 23.7 Å². The fourth-order valence-electron chi connectivity index (χ4n) is 2.40. The average Bonchev–Trinajstić information content (AvgIpc) is 2.82. The SMILES string of the molecule is COC1CS(=O)(=O)CC1NC(=O)N1CCC(N)C1. The van der Waals surface area contributed by atoms with Crippen LogP contribution in [0.3, 0.4) is 0 Å². The van der Waals surface area contributed by atoms with Crippen LogP contribution in [0.5, 0.6) is 0 Å². The number of rotatable bonds is 2. The van der Waals surface area contributed by atoms with Crippen molar-refractivity contribution in [1.29, 1.82) is 0 Å². The van der Waals surface area contributed by atoms with Crippen LogP contribution in [0, 0.1) is 0 Å². The maximum absolute atomic E-state index is 11.9. The summed E-state index contributed by atoms with van der Waals surface area (Å²) in [6.07, 6.45) is 0.319. The zero-order valence-corrected chi connectivity index (χ0v) is 11.1. The van der Waals surface area contributed by atoms with Gasteiger partial charge in [-0.1, -0.05) is 0 Å². The van der Waals surface area contributed by atoms with Crippen LogP contribution in [-0.2, 0) is 14.6 Å². The second-order valence-corrected chi connectivity index (χ2v) is 7.06. The first-order valence-corrected chi connectivity index (χ1v) is 7.77. The number of likely N-dealkylation sites (tertiary alicyclic amines) is 1. The number of urea groups is 1. The van der Waals surface area contributed by atoms with Gasteiger partial charge in [-0.05, 0) is 6.42 Å². The van der Waals surface area contributed by atoms with Crippen molar-refractivity contribution < 1.29 is 17.9 Å². The predicted molar refractivity (Wildman–Crippen MR) is 65.9 cm³/mol. The van der Waals surface area contributed by atoms with E-state index in [1.165, 1.54) is 7.11 Å².